The Hall–Kier alpha value is -4.86. The Kier molecular flexibility index (Phi) is 6.94. The first-order valence-corrected chi connectivity index (χ1v) is 12.3. The van der Waals surface area contributed by atoms with E-state index in [-0.39, 0.29) is 17.7 Å². The molecule has 0 aliphatic rings. The van der Waals surface area contributed by atoms with E-state index >= 15 is 0 Å². The predicted molar refractivity (Wildman–Crippen MR) is 143 cm³/mol. The van der Waals surface area contributed by atoms with Gasteiger partial charge in [0, 0.05) is 12.1 Å². The summed E-state index contributed by atoms with van der Waals surface area (Å²) in [5.74, 6) is -0.0378. The number of carbonyl (C=O) groups excluding carboxylic acids is 1. The molecule has 2 aromatic heterocycles. The van der Waals surface area contributed by atoms with Crippen molar-refractivity contribution in [3.05, 3.63) is 98.7 Å². The second kappa shape index (κ2) is 10.6. The van der Waals surface area contributed by atoms with Gasteiger partial charge in [0.05, 0.1) is 30.1 Å². The number of esters is 1. The lowest BCUT2D eigenvalue weighted by Gasteiger charge is -2.15. The molecule has 0 radical (unpaired) electrons. The van der Waals surface area contributed by atoms with E-state index in [1.54, 1.807) is 22.8 Å². The summed E-state index contributed by atoms with van der Waals surface area (Å²) in [6, 6.07) is 20.2. The number of fused-ring (bicyclic) bond motifs is 1. The third-order valence-electron chi connectivity index (χ3n) is 6.50. The lowest BCUT2D eigenvalue weighted by molar-refractivity contribution is 0.0601. The van der Waals surface area contributed by atoms with Gasteiger partial charge >= 0.3 is 11.7 Å². The van der Waals surface area contributed by atoms with Crippen molar-refractivity contribution in [2.24, 2.45) is 0 Å². The van der Waals surface area contributed by atoms with Gasteiger partial charge in [0.25, 0.3) is 5.56 Å². The zero-order valence-electron chi connectivity index (χ0n) is 21.0. The van der Waals surface area contributed by atoms with E-state index in [1.807, 2.05) is 55.5 Å². The average molecular weight is 511 g/mol. The maximum Gasteiger partial charge on any atom is 0.337 e. The Morgan fingerprint density at radius 1 is 0.974 bits per heavy atom. The van der Waals surface area contributed by atoms with Crippen LogP contribution in [0.25, 0.3) is 33.4 Å². The molecule has 0 bridgehead atoms. The van der Waals surface area contributed by atoms with Gasteiger partial charge in [0.2, 0.25) is 5.82 Å². The highest BCUT2D eigenvalue weighted by Crippen LogP contribution is 2.29. The number of aromatic amines is 1. The van der Waals surface area contributed by atoms with Crippen molar-refractivity contribution >= 4 is 16.9 Å². The van der Waals surface area contributed by atoms with E-state index in [4.69, 9.17) is 4.74 Å². The number of nitrogens with zero attached hydrogens (tertiary/aromatic N) is 5. The summed E-state index contributed by atoms with van der Waals surface area (Å²) in [6.45, 7) is 2.55. The largest absolute Gasteiger partial charge is 0.465 e. The summed E-state index contributed by atoms with van der Waals surface area (Å²) in [5.41, 5.74) is 3.48. The summed E-state index contributed by atoms with van der Waals surface area (Å²) in [5, 5.41) is 14.7. The van der Waals surface area contributed by atoms with E-state index < -0.39 is 11.7 Å². The van der Waals surface area contributed by atoms with Gasteiger partial charge < -0.3 is 4.74 Å². The van der Waals surface area contributed by atoms with Crippen LogP contribution in [0.5, 0.6) is 0 Å². The molecule has 5 aromatic rings. The molecule has 3 aromatic carbocycles. The molecule has 10 nitrogen and oxygen atoms in total. The van der Waals surface area contributed by atoms with Gasteiger partial charge in [-0.05, 0) is 46.5 Å². The number of methoxy groups -OCH3 is 1. The van der Waals surface area contributed by atoms with E-state index in [1.165, 1.54) is 11.7 Å². The number of tetrazole rings is 1. The molecule has 0 fully saturated rings. The van der Waals surface area contributed by atoms with Gasteiger partial charge in [-0.3, -0.25) is 13.9 Å². The van der Waals surface area contributed by atoms with Crippen LogP contribution in [0.1, 0.15) is 35.7 Å². The van der Waals surface area contributed by atoms with E-state index in [0.29, 0.717) is 29.7 Å². The minimum absolute atomic E-state index is 0.221. The maximum absolute atomic E-state index is 13.5. The molecule has 0 aliphatic carbocycles. The topological polar surface area (TPSA) is 125 Å². The Morgan fingerprint density at radius 3 is 2.42 bits per heavy atom. The molecule has 0 atom stereocenters. The first-order chi connectivity index (χ1) is 18.5. The van der Waals surface area contributed by atoms with E-state index in [0.717, 1.165) is 28.7 Å². The maximum atomic E-state index is 13.5. The summed E-state index contributed by atoms with van der Waals surface area (Å²) < 4.78 is 7.67. The quantitative estimate of drug-likeness (QED) is 0.316. The van der Waals surface area contributed by atoms with Gasteiger partial charge in [-0.15, -0.1) is 10.2 Å². The van der Waals surface area contributed by atoms with Gasteiger partial charge in [0.15, 0.2) is 0 Å². The van der Waals surface area contributed by atoms with Gasteiger partial charge in [-0.25, -0.2) is 9.59 Å². The van der Waals surface area contributed by atoms with Crippen LogP contribution >= 0.6 is 0 Å². The normalized spacial score (nSPS) is 11.1. The number of rotatable bonds is 8. The molecule has 0 saturated carbocycles. The standard InChI is InChI=1S/C28H26N6O4/c1-3-4-15-33-26(35)23-14-13-20(27(36)38-2)16-24(23)34(28(33)37)17-18-9-11-19(12-10-18)21-7-5-6-8-22(21)25-29-31-32-30-25/h5-14,16H,3-4,15,17H2,1-2H3,(H,29,30,31,32). The number of H-pyrrole nitrogens is 1. The van der Waals surface area contributed by atoms with Crippen LogP contribution in [0, 0.1) is 0 Å². The summed E-state index contributed by atoms with van der Waals surface area (Å²) in [4.78, 5) is 38.9. The molecule has 0 amide bonds. The monoisotopic (exact) mass is 510 g/mol. The van der Waals surface area contributed by atoms with Gasteiger partial charge in [-0.2, -0.15) is 5.21 Å². The zero-order chi connectivity index (χ0) is 26.6. The van der Waals surface area contributed by atoms with Gasteiger partial charge in [-0.1, -0.05) is 61.9 Å². The highest BCUT2D eigenvalue weighted by molar-refractivity contribution is 5.94. The highest BCUT2D eigenvalue weighted by atomic mass is 16.5. The third-order valence-corrected chi connectivity index (χ3v) is 6.50. The summed E-state index contributed by atoms with van der Waals surface area (Å²) in [6.07, 6.45) is 1.55. The molecular weight excluding hydrogens is 484 g/mol. The minimum Gasteiger partial charge on any atom is -0.465 e. The first kappa shape index (κ1) is 24.8. The van der Waals surface area contributed by atoms with Crippen LogP contribution in [0.15, 0.2) is 76.3 Å². The molecule has 5 rings (SSSR count). The van der Waals surface area contributed by atoms with Crippen LogP contribution in [-0.4, -0.2) is 42.8 Å². The molecule has 10 heteroatoms. The smallest absolute Gasteiger partial charge is 0.337 e. The fourth-order valence-electron chi connectivity index (χ4n) is 4.51. The second-order valence-electron chi connectivity index (χ2n) is 8.88. The van der Waals surface area contributed by atoms with Crippen molar-refractivity contribution in [2.75, 3.05) is 7.11 Å². The number of hydrogen-bond donors (Lipinski definition) is 1. The lowest BCUT2D eigenvalue weighted by atomic mass is 9.98. The Balaban J connectivity index is 1.58. The predicted octanol–water partition coefficient (Wildman–Crippen LogP) is 3.65. The van der Waals surface area contributed by atoms with Crippen molar-refractivity contribution in [2.45, 2.75) is 32.9 Å². The van der Waals surface area contributed by atoms with Crippen LogP contribution in [0.2, 0.25) is 0 Å². The summed E-state index contributed by atoms with van der Waals surface area (Å²) in [7, 11) is 1.29. The molecule has 192 valence electrons. The van der Waals surface area contributed by atoms with Gasteiger partial charge in [0.1, 0.15) is 0 Å². The molecular formula is C28H26N6O4. The number of benzene rings is 3. The Bertz CT molecular complexity index is 1720. The molecule has 2 heterocycles. The van der Waals surface area contributed by atoms with Crippen molar-refractivity contribution in [3.8, 4) is 22.5 Å². The SMILES string of the molecule is CCCCn1c(=O)c2ccc(C(=O)OC)cc2n(Cc2ccc(-c3ccccc3-c3nn[nH]n3)cc2)c1=O. The zero-order valence-corrected chi connectivity index (χ0v) is 21.0. The fourth-order valence-corrected chi connectivity index (χ4v) is 4.51. The Labute approximate surface area is 217 Å². The van der Waals surface area contributed by atoms with Crippen molar-refractivity contribution < 1.29 is 9.53 Å². The molecule has 1 N–H and O–H groups in total. The van der Waals surface area contributed by atoms with Crippen LogP contribution < -0.4 is 11.2 Å². The van der Waals surface area contributed by atoms with Crippen LogP contribution in [-0.2, 0) is 17.8 Å². The first-order valence-electron chi connectivity index (χ1n) is 12.3. The number of unbranched alkanes of at least 4 members (excludes halogenated alkanes) is 1. The summed E-state index contributed by atoms with van der Waals surface area (Å²) >= 11 is 0. The Morgan fingerprint density at radius 2 is 1.74 bits per heavy atom. The number of hydrogen-bond acceptors (Lipinski definition) is 7. The van der Waals surface area contributed by atoms with Crippen LogP contribution in [0.4, 0.5) is 0 Å². The van der Waals surface area contributed by atoms with E-state index in [2.05, 4.69) is 20.6 Å². The molecule has 0 unspecified atom stereocenters. The average Bonchev–Trinajstić information content (AvgIpc) is 3.50. The third kappa shape index (κ3) is 4.63. The van der Waals surface area contributed by atoms with Crippen LogP contribution in [0.3, 0.4) is 0 Å². The molecule has 0 saturated heterocycles. The van der Waals surface area contributed by atoms with Crippen molar-refractivity contribution in [3.63, 3.8) is 0 Å². The minimum atomic E-state index is -0.536. The fraction of sp³-hybridized carbons (Fsp3) is 0.214. The second-order valence-corrected chi connectivity index (χ2v) is 8.88. The molecule has 0 spiro atoms. The number of aromatic nitrogens is 6. The number of nitrogens with one attached hydrogen (secondary N) is 1. The molecule has 38 heavy (non-hydrogen) atoms. The van der Waals surface area contributed by atoms with Crippen molar-refractivity contribution in [1.82, 2.24) is 29.8 Å². The van der Waals surface area contributed by atoms with Crippen molar-refractivity contribution in [1.29, 1.82) is 0 Å². The molecule has 0 aliphatic heterocycles. The van der Waals surface area contributed by atoms with E-state index in [9.17, 15) is 14.4 Å². The highest BCUT2D eigenvalue weighted by Gasteiger charge is 2.17. The lowest BCUT2D eigenvalue weighted by Crippen LogP contribution is -2.40. The number of ether oxygens (including phenoxy) is 1. The number of carbonyl (C=O) groups is 1.